The summed E-state index contributed by atoms with van der Waals surface area (Å²) in [5, 5.41) is 5.24. The molecule has 19 nitrogen and oxygen atoms in total. The normalized spacial score (nSPS) is 11.7. The van der Waals surface area contributed by atoms with Crippen LogP contribution in [0.25, 0.3) is 0 Å². The van der Waals surface area contributed by atoms with Gasteiger partial charge < -0.3 is 52.3 Å². The maximum atomic E-state index is 12.7. The highest BCUT2D eigenvalue weighted by Crippen LogP contribution is 2.05. The summed E-state index contributed by atoms with van der Waals surface area (Å²) < 4.78 is 0. The number of Topliss-reactive ketones (excluding diaryl/α,β-unsaturated/α-hetero) is 1. The molecule has 7 amide bonds. The summed E-state index contributed by atoms with van der Waals surface area (Å²) in [5.74, 6) is -3.80. The average Bonchev–Trinajstić information content (AvgIpc) is 2.98. The molecule has 0 bridgehead atoms. The number of ketones is 1. The summed E-state index contributed by atoms with van der Waals surface area (Å²) in [6, 6.07) is -1.46. The van der Waals surface area contributed by atoms with Gasteiger partial charge in [0.25, 0.3) is 0 Å². The highest BCUT2D eigenvalue weighted by Gasteiger charge is 2.25. The van der Waals surface area contributed by atoms with Gasteiger partial charge in [-0.2, -0.15) is 0 Å². The van der Waals surface area contributed by atoms with Crippen LogP contribution in [0.5, 0.6) is 0 Å². The van der Waals surface area contributed by atoms with E-state index in [-0.39, 0.29) is 56.7 Å². The highest BCUT2D eigenvalue weighted by molar-refractivity contribution is 5.93. The van der Waals surface area contributed by atoms with E-state index in [2.05, 4.69) is 15.6 Å². The minimum absolute atomic E-state index is 0.0608. The van der Waals surface area contributed by atoms with Crippen LogP contribution in [0, 0.1) is 0 Å². The van der Waals surface area contributed by atoms with Crippen molar-refractivity contribution in [2.75, 3.05) is 81.1 Å². The number of guanidine groups is 1. The predicted octanol–water partition coefficient (Wildman–Crippen LogP) is -4.35. The number of aliphatic imine (C=N–C) groups is 1. The fraction of sp³-hybridized carbons (Fsp3) is 0.690. The number of rotatable bonds is 21. The largest absolute Gasteiger partial charge is 0.370 e. The second-order valence-electron chi connectivity index (χ2n) is 11.6. The number of nitrogens with zero attached hydrogens (tertiary/aromatic N) is 6. The lowest BCUT2D eigenvalue weighted by molar-refractivity contribution is -0.145. The Balaban J connectivity index is 4.83. The molecule has 0 fully saturated rings. The van der Waals surface area contributed by atoms with Gasteiger partial charge in [0, 0.05) is 67.2 Å². The van der Waals surface area contributed by atoms with Gasteiger partial charge in [-0.05, 0) is 26.7 Å². The van der Waals surface area contributed by atoms with E-state index >= 15 is 0 Å². The number of amides is 7. The molecule has 0 heterocycles. The smallest absolute Gasteiger partial charge is 0.242 e. The number of likely N-dealkylation sites (N-methyl/N-ethyl adjacent to an activating group) is 5. The molecular formula is C29H53N11O8. The Bertz CT molecular complexity index is 1190. The molecule has 0 radical (unpaired) electrons. The minimum Gasteiger partial charge on any atom is -0.370 e. The molecule has 0 aromatic heterocycles. The Kier molecular flexibility index (Phi) is 19.7. The number of carbonyl (C=O) groups is 8. The van der Waals surface area contributed by atoms with Crippen LogP contribution in [0.15, 0.2) is 4.99 Å². The summed E-state index contributed by atoms with van der Waals surface area (Å²) in [7, 11) is 6.93. The first-order chi connectivity index (χ1) is 22.3. The zero-order chi connectivity index (χ0) is 37.1. The summed E-state index contributed by atoms with van der Waals surface area (Å²) in [4.78, 5) is 109. The summed E-state index contributed by atoms with van der Waals surface area (Å²) in [6.07, 6.45) is 1.13. The van der Waals surface area contributed by atoms with E-state index in [1.807, 2.05) is 0 Å². The van der Waals surface area contributed by atoms with E-state index in [0.717, 1.165) is 19.6 Å². The lowest BCUT2D eigenvalue weighted by Crippen LogP contribution is -2.51. The van der Waals surface area contributed by atoms with E-state index in [1.54, 1.807) is 0 Å². The topological polar surface area (TPSA) is 267 Å². The molecule has 0 aromatic carbocycles. The molecule has 0 aliphatic carbocycles. The van der Waals surface area contributed by atoms with Crippen LogP contribution in [0.2, 0.25) is 0 Å². The molecule has 0 aromatic rings. The van der Waals surface area contributed by atoms with Gasteiger partial charge in [-0.1, -0.05) is 0 Å². The van der Waals surface area contributed by atoms with Crippen LogP contribution >= 0.6 is 0 Å². The maximum Gasteiger partial charge on any atom is 0.242 e. The second kappa shape index (κ2) is 21.9. The SMILES string of the molecule is CC(=O)C[C@H](CCCN=C(N)N)NC(=O)[C@H](C)NC(=O)CN(C)C(=O)CN(C)C(=O)CN(C)C(=O)CN(C)C(=O)CN(C)C(=O)CCN. The van der Waals surface area contributed by atoms with E-state index in [1.165, 1.54) is 54.0 Å². The van der Waals surface area contributed by atoms with E-state index in [4.69, 9.17) is 17.2 Å². The van der Waals surface area contributed by atoms with Crippen molar-refractivity contribution < 1.29 is 38.4 Å². The van der Waals surface area contributed by atoms with Crippen LogP contribution in [0.1, 0.15) is 39.5 Å². The molecule has 19 heteroatoms. The molecular weight excluding hydrogens is 630 g/mol. The molecule has 2 atom stereocenters. The van der Waals surface area contributed by atoms with Gasteiger partial charge in [0.2, 0.25) is 41.4 Å². The fourth-order valence-electron chi connectivity index (χ4n) is 4.06. The lowest BCUT2D eigenvalue weighted by Gasteiger charge is -2.26. The Morgan fingerprint density at radius 3 is 1.48 bits per heavy atom. The van der Waals surface area contributed by atoms with Crippen molar-refractivity contribution in [3.05, 3.63) is 0 Å². The summed E-state index contributed by atoms with van der Waals surface area (Å²) in [5.41, 5.74) is 16.0. The van der Waals surface area contributed by atoms with Crippen LogP contribution in [-0.4, -0.2) is 171 Å². The molecule has 0 unspecified atom stereocenters. The molecule has 8 N–H and O–H groups in total. The number of hydrogen-bond donors (Lipinski definition) is 5. The molecule has 0 saturated heterocycles. The maximum absolute atomic E-state index is 12.7. The minimum atomic E-state index is -0.973. The van der Waals surface area contributed by atoms with Crippen molar-refractivity contribution >= 4 is 53.1 Å². The van der Waals surface area contributed by atoms with Crippen LogP contribution in [-0.2, 0) is 38.4 Å². The molecule has 48 heavy (non-hydrogen) atoms. The van der Waals surface area contributed by atoms with Crippen molar-refractivity contribution in [3.63, 3.8) is 0 Å². The molecule has 0 spiro atoms. The number of carbonyl (C=O) groups excluding carboxylic acids is 8. The molecule has 272 valence electrons. The summed E-state index contributed by atoms with van der Waals surface area (Å²) in [6.45, 7) is 1.58. The van der Waals surface area contributed by atoms with Gasteiger partial charge in [-0.25, -0.2) is 0 Å². The van der Waals surface area contributed by atoms with E-state index in [0.29, 0.717) is 19.4 Å². The van der Waals surface area contributed by atoms with Crippen molar-refractivity contribution in [1.82, 2.24) is 35.1 Å². The van der Waals surface area contributed by atoms with E-state index < -0.39 is 60.6 Å². The first-order valence-electron chi connectivity index (χ1n) is 15.3. The van der Waals surface area contributed by atoms with Crippen LogP contribution in [0.3, 0.4) is 0 Å². The Hall–Kier alpha value is -4.81. The van der Waals surface area contributed by atoms with Crippen molar-refractivity contribution in [1.29, 1.82) is 0 Å². The number of hydrogen-bond acceptors (Lipinski definition) is 10. The Labute approximate surface area is 281 Å². The van der Waals surface area contributed by atoms with Crippen LogP contribution in [0.4, 0.5) is 0 Å². The average molecular weight is 684 g/mol. The molecule has 0 aliphatic rings. The third kappa shape index (κ3) is 17.8. The van der Waals surface area contributed by atoms with Gasteiger partial charge >= 0.3 is 0 Å². The molecule has 0 saturated carbocycles. The highest BCUT2D eigenvalue weighted by atomic mass is 16.2. The predicted molar refractivity (Wildman–Crippen MR) is 177 cm³/mol. The van der Waals surface area contributed by atoms with Gasteiger partial charge in [-0.3, -0.25) is 43.3 Å². The first-order valence-corrected chi connectivity index (χ1v) is 15.3. The van der Waals surface area contributed by atoms with Gasteiger partial charge in [0.1, 0.15) is 11.8 Å². The Morgan fingerprint density at radius 2 is 1.08 bits per heavy atom. The van der Waals surface area contributed by atoms with E-state index in [9.17, 15) is 38.4 Å². The zero-order valence-corrected chi connectivity index (χ0v) is 29.1. The van der Waals surface area contributed by atoms with Crippen LogP contribution < -0.4 is 27.8 Å². The second-order valence-corrected chi connectivity index (χ2v) is 11.6. The first kappa shape index (κ1) is 43.2. The quantitative estimate of drug-likeness (QED) is 0.0438. The number of nitrogens with one attached hydrogen (secondary N) is 2. The Morgan fingerprint density at radius 1 is 0.667 bits per heavy atom. The lowest BCUT2D eigenvalue weighted by atomic mass is 10.0. The van der Waals surface area contributed by atoms with Gasteiger partial charge in [0.15, 0.2) is 5.96 Å². The van der Waals surface area contributed by atoms with Crippen molar-refractivity contribution in [2.45, 2.75) is 51.6 Å². The monoisotopic (exact) mass is 683 g/mol. The van der Waals surface area contributed by atoms with Crippen molar-refractivity contribution in [2.24, 2.45) is 22.2 Å². The van der Waals surface area contributed by atoms with Gasteiger partial charge in [0.05, 0.1) is 32.7 Å². The van der Waals surface area contributed by atoms with Crippen molar-refractivity contribution in [3.8, 4) is 0 Å². The standard InChI is InChI=1S/C29H53N11O8/c1-19(41)13-21(9-8-12-33-29(31)32)35-28(48)20(2)34-22(42)14-36(3)24(44)16-38(5)26(46)18-40(7)27(47)17-39(6)25(45)15-37(4)23(43)10-11-30/h20-21H,8-18,30H2,1-7H3,(H,34,42)(H,35,48)(H4,31,32,33)/t20-,21-/m0/s1. The third-order valence-corrected chi connectivity index (χ3v) is 7.01. The summed E-state index contributed by atoms with van der Waals surface area (Å²) >= 11 is 0. The van der Waals surface area contributed by atoms with Gasteiger partial charge in [-0.15, -0.1) is 0 Å². The fourth-order valence-corrected chi connectivity index (χ4v) is 4.06. The number of nitrogens with two attached hydrogens (primary N) is 3. The molecule has 0 rings (SSSR count). The third-order valence-electron chi connectivity index (χ3n) is 7.01. The zero-order valence-electron chi connectivity index (χ0n) is 29.1. The molecule has 0 aliphatic heterocycles.